The molecule has 3 rings (SSSR count). The van der Waals surface area contributed by atoms with Crippen molar-refractivity contribution in [3.05, 3.63) is 18.2 Å². The van der Waals surface area contributed by atoms with Gasteiger partial charge in [0.25, 0.3) is 0 Å². The highest BCUT2D eigenvalue weighted by molar-refractivity contribution is 7.89. The number of likely N-dealkylation sites (N-methyl/N-ethyl adjacent to an activating group) is 1. The number of sulfonamides is 1. The van der Waals surface area contributed by atoms with E-state index < -0.39 is 10.0 Å². The Hall–Kier alpha value is -1.31. The molecular weight excluding hydrogens is 304 g/mol. The van der Waals surface area contributed by atoms with Gasteiger partial charge in [0.1, 0.15) is 0 Å². The van der Waals surface area contributed by atoms with Crippen LogP contribution in [0.2, 0.25) is 0 Å². The van der Waals surface area contributed by atoms with E-state index >= 15 is 0 Å². The van der Waals surface area contributed by atoms with E-state index in [0.29, 0.717) is 37.8 Å². The minimum absolute atomic E-state index is 0.0194. The Balaban J connectivity index is 1.90. The molecule has 2 aliphatic rings. The number of fused-ring (bicyclic) bond motifs is 1. The molecule has 1 aromatic carbocycles. The molecule has 1 fully saturated rings. The first kappa shape index (κ1) is 15.6. The molecule has 0 radical (unpaired) electrons. The lowest BCUT2D eigenvalue weighted by molar-refractivity contribution is 0.296. The molecule has 0 aromatic heterocycles. The van der Waals surface area contributed by atoms with E-state index in [9.17, 15) is 8.42 Å². The average Bonchev–Trinajstić information content (AvgIpc) is 2.85. The van der Waals surface area contributed by atoms with Gasteiger partial charge in [-0.1, -0.05) is 0 Å². The summed E-state index contributed by atoms with van der Waals surface area (Å²) in [7, 11) is -1.65. The minimum Gasteiger partial charge on any atom is -0.490 e. The van der Waals surface area contributed by atoms with E-state index in [2.05, 4.69) is 5.32 Å². The Bertz CT molecular complexity index is 632. The number of benzene rings is 1. The molecule has 1 atom stereocenters. The van der Waals surface area contributed by atoms with Crippen LogP contribution >= 0.6 is 0 Å². The van der Waals surface area contributed by atoms with Gasteiger partial charge in [0, 0.05) is 31.6 Å². The van der Waals surface area contributed by atoms with Crippen molar-refractivity contribution in [3.8, 4) is 11.5 Å². The lowest BCUT2D eigenvalue weighted by Gasteiger charge is -2.24. The zero-order valence-corrected chi connectivity index (χ0v) is 13.6. The highest BCUT2D eigenvalue weighted by Crippen LogP contribution is 2.34. The molecule has 1 N–H and O–H groups in total. The monoisotopic (exact) mass is 326 g/mol. The Morgan fingerprint density at radius 3 is 2.77 bits per heavy atom. The molecule has 0 aliphatic carbocycles. The van der Waals surface area contributed by atoms with Crippen LogP contribution in [-0.4, -0.2) is 52.1 Å². The van der Waals surface area contributed by atoms with Crippen molar-refractivity contribution >= 4 is 10.0 Å². The standard InChI is InChI=1S/C15H22N2O4S/c1-16-11-12-4-2-7-17(12)22(18,19)13-5-6-14-15(10-13)21-9-3-8-20-14/h5-6,10,12,16H,2-4,7-9,11H2,1H3. The Morgan fingerprint density at radius 1 is 1.23 bits per heavy atom. The minimum atomic E-state index is -3.50. The van der Waals surface area contributed by atoms with Crippen molar-refractivity contribution in [2.75, 3.05) is 33.4 Å². The fraction of sp³-hybridized carbons (Fsp3) is 0.600. The van der Waals surface area contributed by atoms with Crippen molar-refractivity contribution in [2.45, 2.75) is 30.2 Å². The normalized spacial score (nSPS) is 22.5. The summed E-state index contributed by atoms with van der Waals surface area (Å²) in [5, 5.41) is 3.07. The summed E-state index contributed by atoms with van der Waals surface area (Å²) < 4.78 is 38.5. The quantitative estimate of drug-likeness (QED) is 0.901. The molecule has 1 unspecified atom stereocenters. The van der Waals surface area contributed by atoms with Gasteiger partial charge in [-0.25, -0.2) is 8.42 Å². The third-order valence-corrected chi connectivity index (χ3v) is 6.04. The van der Waals surface area contributed by atoms with Crippen LogP contribution in [0.1, 0.15) is 19.3 Å². The smallest absolute Gasteiger partial charge is 0.243 e. The lowest BCUT2D eigenvalue weighted by Crippen LogP contribution is -2.40. The maximum Gasteiger partial charge on any atom is 0.243 e. The molecule has 7 heteroatoms. The molecule has 2 heterocycles. The largest absolute Gasteiger partial charge is 0.490 e. The maximum absolute atomic E-state index is 12.9. The van der Waals surface area contributed by atoms with Crippen molar-refractivity contribution in [2.24, 2.45) is 0 Å². The van der Waals surface area contributed by atoms with Crippen LogP contribution in [-0.2, 0) is 10.0 Å². The van der Waals surface area contributed by atoms with Gasteiger partial charge < -0.3 is 14.8 Å². The number of ether oxygens (including phenoxy) is 2. The van der Waals surface area contributed by atoms with Gasteiger partial charge in [-0.3, -0.25) is 0 Å². The van der Waals surface area contributed by atoms with Crippen LogP contribution < -0.4 is 14.8 Å². The van der Waals surface area contributed by atoms with Gasteiger partial charge in [-0.2, -0.15) is 4.31 Å². The summed E-state index contributed by atoms with van der Waals surface area (Å²) >= 11 is 0. The second-order valence-corrected chi connectivity index (χ2v) is 7.52. The first-order valence-corrected chi connectivity index (χ1v) is 9.13. The van der Waals surface area contributed by atoms with Crippen LogP contribution in [0.4, 0.5) is 0 Å². The molecule has 2 aliphatic heterocycles. The first-order chi connectivity index (χ1) is 10.6. The van der Waals surface area contributed by atoms with Gasteiger partial charge in [0.05, 0.1) is 18.1 Å². The fourth-order valence-electron chi connectivity index (χ4n) is 3.00. The highest BCUT2D eigenvalue weighted by Gasteiger charge is 2.35. The van der Waals surface area contributed by atoms with Gasteiger partial charge in [-0.15, -0.1) is 0 Å². The van der Waals surface area contributed by atoms with Crippen LogP contribution in [0.5, 0.6) is 11.5 Å². The van der Waals surface area contributed by atoms with Crippen LogP contribution in [0.3, 0.4) is 0 Å². The molecule has 0 spiro atoms. The summed E-state index contributed by atoms with van der Waals surface area (Å²) in [4.78, 5) is 0.278. The summed E-state index contributed by atoms with van der Waals surface area (Å²) in [6.07, 6.45) is 2.59. The maximum atomic E-state index is 12.9. The average molecular weight is 326 g/mol. The van der Waals surface area contributed by atoms with Gasteiger partial charge >= 0.3 is 0 Å². The predicted molar refractivity (Wildman–Crippen MR) is 82.9 cm³/mol. The van der Waals surface area contributed by atoms with E-state index in [1.807, 2.05) is 7.05 Å². The van der Waals surface area contributed by atoms with Crippen LogP contribution in [0, 0.1) is 0 Å². The molecule has 0 saturated carbocycles. The number of nitrogens with zero attached hydrogens (tertiary/aromatic N) is 1. The Labute approximate surface area is 131 Å². The second kappa shape index (κ2) is 6.44. The Kier molecular flexibility index (Phi) is 4.56. The molecule has 22 heavy (non-hydrogen) atoms. The van der Waals surface area contributed by atoms with E-state index in [1.165, 1.54) is 0 Å². The third kappa shape index (κ3) is 2.93. The zero-order chi connectivity index (χ0) is 15.6. The van der Waals surface area contributed by atoms with Crippen molar-refractivity contribution in [1.29, 1.82) is 0 Å². The predicted octanol–water partition coefficient (Wildman–Crippen LogP) is 1.22. The van der Waals surface area contributed by atoms with E-state index in [1.54, 1.807) is 22.5 Å². The number of nitrogens with one attached hydrogen (secondary N) is 1. The summed E-state index contributed by atoms with van der Waals surface area (Å²) in [5.41, 5.74) is 0. The van der Waals surface area contributed by atoms with E-state index in [4.69, 9.17) is 9.47 Å². The van der Waals surface area contributed by atoms with E-state index in [-0.39, 0.29) is 10.9 Å². The lowest BCUT2D eigenvalue weighted by atomic mass is 10.2. The molecular formula is C15H22N2O4S. The van der Waals surface area contributed by atoms with E-state index in [0.717, 1.165) is 19.3 Å². The van der Waals surface area contributed by atoms with Crippen molar-refractivity contribution in [1.82, 2.24) is 9.62 Å². The number of hydrogen-bond acceptors (Lipinski definition) is 5. The van der Waals surface area contributed by atoms with Crippen LogP contribution in [0.15, 0.2) is 23.1 Å². The van der Waals surface area contributed by atoms with Crippen molar-refractivity contribution in [3.63, 3.8) is 0 Å². The molecule has 0 amide bonds. The summed E-state index contributed by atoms with van der Waals surface area (Å²) in [5.74, 6) is 1.13. The molecule has 6 nitrogen and oxygen atoms in total. The first-order valence-electron chi connectivity index (χ1n) is 7.69. The van der Waals surface area contributed by atoms with Crippen LogP contribution in [0.25, 0.3) is 0 Å². The highest BCUT2D eigenvalue weighted by atomic mass is 32.2. The fourth-order valence-corrected chi connectivity index (χ4v) is 4.71. The summed E-state index contributed by atoms with van der Waals surface area (Å²) in [6, 6.07) is 4.91. The number of rotatable bonds is 4. The number of hydrogen-bond donors (Lipinski definition) is 1. The summed E-state index contributed by atoms with van der Waals surface area (Å²) in [6.45, 7) is 2.38. The molecule has 1 saturated heterocycles. The van der Waals surface area contributed by atoms with Gasteiger partial charge in [-0.05, 0) is 32.0 Å². The molecule has 1 aromatic rings. The molecule has 122 valence electrons. The Morgan fingerprint density at radius 2 is 2.00 bits per heavy atom. The third-order valence-electron chi connectivity index (χ3n) is 4.09. The van der Waals surface area contributed by atoms with Crippen molar-refractivity contribution < 1.29 is 17.9 Å². The van der Waals surface area contributed by atoms with Gasteiger partial charge in [0.15, 0.2) is 11.5 Å². The van der Waals surface area contributed by atoms with Gasteiger partial charge in [0.2, 0.25) is 10.0 Å². The second-order valence-electron chi connectivity index (χ2n) is 5.63. The SMILES string of the molecule is CNCC1CCCN1S(=O)(=O)c1ccc2c(c1)OCCCO2. The topological polar surface area (TPSA) is 67.9 Å². The zero-order valence-electron chi connectivity index (χ0n) is 12.7. The molecule has 0 bridgehead atoms.